The number of benzene rings is 1. The van der Waals surface area contributed by atoms with Gasteiger partial charge in [-0.15, -0.1) is 0 Å². The number of ether oxygens (including phenoxy) is 1. The van der Waals surface area contributed by atoms with Gasteiger partial charge in [0.15, 0.2) is 0 Å². The standard InChI is InChI=1S/C14H15N3O/c1-2-4-12(5-3-1)13-10-14(16-11-15-13)17-6-8-18-9-7-17/h1-5,10-11H,6-9H2. The van der Waals surface area contributed by atoms with E-state index in [2.05, 4.69) is 27.0 Å². The van der Waals surface area contributed by atoms with Crippen LogP contribution in [0.2, 0.25) is 0 Å². The second-order valence-corrected chi connectivity index (χ2v) is 4.23. The molecule has 0 amide bonds. The SMILES string of the molecule is c1ccc(-c2cc(N3CCOCC3)ncn2)cc1. The lowest BCUT2D eigenvalue weighted by Crippen LogP contribution is -2.36. The normalized spacial score (nSPS) is 15.7. The van der Waals surface area contributed by atoms with Gasteiger partial charge in [0.1, 0.15) is 12.1 Å². The molecule has 0 saturated carbocycles. The summed E-state index contributed by atoms with van der Waals surface area (Å²) in [6, 6.07) is 12.2. The molecule has 1 fully saturated rings. The lowest BCUT2D eigenvalue weighted by molar-refractivity contribution is 0.122. The van der Waals surface area contributed by atoms with Crippen LogP contribution in [0, 0.1) is 0 Å². The number of nitrogens with zero attached hydrogens (tertiary/aromatic N) is 3. The maximum absolute atomic E-state index is 5.35. The molecular weight excluding hydrogens is 226 g/mol. The van der Waals surface area contributed by atoms with Crippen molar-refractivity contribution in [2.24, 2.45) is 0 Å². The van der Waals surface area contributed by atoms with E-state index in [4.69, 9.17) is 4.74 Å². The lowest BCUT2D eigenvalue weighted by Gasteiger charge is -2.27. The summed E-state index contributed by atoms with van der Waals surface area (Å²) in [6.07, 6.45) is 1.63. The van der Waals surface area contributed by atoms with Crippen molar-refractivity contribution in [2.75, 3.05) is 31.2 Å². The summed E-state index contributed by atoms with van der Waals surface area (Å²) in [5, 5.41) is 0. The lowest BCUT2D eigenvalue weighted by atomic mass is 10.1. The average Bonchev–Trinajstić information content (AvgIpc) is 2.49. The van der Waals surface area contributed by atoms with Crippen molar-refractivity contribution in [1.82, 2.24) is 9.97 Å². The number of hydrogen-bond acceptors (Lipinski definition) is 4. The van der Waals surface area contributed by atoms with Crippen molar-refractivity contribution in [1.29, 1.82) is 0 Å². The number of aromatic nitrogens is 2. The molecule has 0 N–H and O–H groups in total. The Balaban J connectivity index is 1.89. The predicted molar refractivity (Wildman–Crippen MR) is 70.5 cm³/mol. The number of morpholine rings is 1. The molecule has 18 heavy (non-hydrogen) atoms. The van der Waals surface area contributed by atoms with Gasteiger partial charge in [0.05, 0.1) is 18.9 Å². The van der Waals surface area contributed by atoms with Gasteiger partial charge < -0.3 is 9.64 Å². The first-order valence-corrected chi connectivity index (χ1v) is 6.14. The first-order valence-electron chi connectivity index (χ1n) is 6.14. The molecule has 2 aromatic rings. The molecule has 0 aliphatic carbocycles. The van der Waals surface area contributed by atoms with Gasteiger partial charge in [-0.05, 0) is 0 Å². The van der Waals surface area contributed by atoms with Crippen molar-refractivity contribution in [3.8, 4) is 11.3 Å². The van der Waals surface area contributed by atoms with E-state index in [1.807, 2.05) is 24.3 Å². The molecular formula is C14H15N3O. The maximum Gasteiger partial charge on any atom is 0.132 e. The van der Waals surface area contributed by atoms with Gasteiger partial charge in [-0.1, -0.05) is 30.3 Å². The topological polar surface area (TPSA) is 38.2 Å². The number of hydrogen-bond donors (Lipinski definition) is 0. The summed E-state index contributed by atoms with van der Waals surface area (Å²) in [6.45, 7) is 3.33. The second kappa shape index (κ2) is 5.14. The zero-order valence-corrected chi connectivity index (χ0v) is 10.1. The summed E-state index contributed by atoms with van der Waals surface area (Å²) >= 11 is 0. The summed E-state index contributed by atoms with van der Waals surface area (Å²) in [5.41, 5.74) is 2.08. The fourth-order valence-corrected chi connectivity index (χ4v) is 2.08. The van der Waals surface area contributed by atoms with Crippen molar-refractivity contribution >= 4 is 5.82 Å². The Labute approximate surface area is 106 Å². The minimum atomic E-state index is 0.769. The van der Waals surface area contributed by atoms with Crippen LogP contribution in [0.5, 0.6) is 0 Å². The molecule has 0 spiro atoms. The summed E-state index contributed by atoms with van der Waals surface area (Å²) in [4.78, 5) is 10.9. The molecule has 0 radical (unpaired) electrons. The summed E-state index contributed by atoms with van der Waals surface area (Å²) in [5.74, 6) is 0.979. The molecule has 3 rings (SSSR count). The highest BCUT2D eigenvalue weighted by atomic mass is 16.5. The van der Waals surface area contributed by atoms with E-state index < -0.39 is 0 Å². The fourth-order valence-electron chi connectivity index (χ4n) is 2.08. The maximum atomic E-state index is 5.35. The first kappa shape index (κ1) is 11.2. The second-order valence-electron chi connectivity index (χ2n) is 4.23. The van der Waals surface area contributed by atoms with Crippen LogP contribution in [-0.2, 0) is 4.74 Å². The highest BCUT2D eigenvalue weighted by Crippen LogP contribution is 2.20. The van der Waals surface area contributed by atoms with Gasteiger partial charge in [-0.2, -0.15) is 0 Å². The Morgan fingerprint density at radius 3 is 2.56 bits per heavy atom. The first-order chi connectivity index (χ1) is 8.93. The molecule has 4 nitrogen and oxygen atoms in total. The van der Waals surface area contributed by atoms with Gasteiger partial charge in [-0.3, -0.25) is 0 Å². The van der Waals surface area contributed by atoms with Crippen molar-refractivity contribution in [3.63, 3.8) is 0 Å². The van der Waals surface area contributed by atoms with Crippen LogP contribution >= 0.6 is 0 Å². The van der Waals surface area contributed by atoms with E-state index in [-0.39, 0.29) is 0 Å². The molecule has 2 heterocycles. The van der Waals surface area contributed by atoms with Crippen molar-refractivity contribution in [2.45, 2.75) is 0 Å². The van der Waals surface area contributed by atoms with E-state index in [9.17, 15) is 0 Å². The average molecular weight is 241 g/mol. The third-order valence-corrected chi connectivity index (χ3v) is 3.06. The number of anilines is 1. The van der Waals surface area contributed by atoms with E-state index in [0.29, 0.717) is 0 Å². The van der Waals surface area contributed by atoms with Crippen LogP contribution in [0.25, 0.3) is 11.3 Å². The van der Waals surface area contributed by atoms with Gasteiger partial charge in [0.2, 0.25) is 0 Å². The van der Waals surface area contributed by atoms with E-state index in [1.165, 1.54) is 0 Å². The Bertz CT molecular complexity index is 509. The van der Waals surface area contributed by atoms with Gasteiger partial charge in [0.25, 0.3) is 0 Å². The monoisotopic (exact) mass is 241 g/mol. The Kier molecular flexibility index (Phi) is 3.19. The fraction of sp³-hybridized carbons (Fsp3) is 0.286. The van der Waals surface area contributed by atoms with Crippen LogP contribution < -0.4 is 4.90 Å². The third kappa shape index (κ3) is 2.33. The molecule has 1 saturated heterocycles. The van der Waals surface area contributed by atoms with Crippen LogP contribution in [0.4, 0.5) is 5.82 Å². The molecule has 92 valence electrons. The Hall–Kier alpha value is -1.94. The van der Waals surface area contributed by atoms with E-state index in [0.717, 1.165) is 43.4 Å². The molecule has 0 bridgehead atoms. The molecule has 1 aromatic carbocycles. The van der Waals surface area contributed by atoms with E-state index >= 15 is 0 Å². The van der Waals surface area contributed by atoms with E-state index in [1.54, 1.807) is 6.33 Å². The third-order valence-electron chi connectivity index (χ3n) is 3.06. The van der Waals surface area contributed by atoms with Crippen LogP contribution in [0.15, 0.2) is 42.7 Å². The van der Waals surface area contributed by atoms with Gasteiger partial charge >= 0.3 is 0 Å². The molecule has 4 heteroatoms. The highest BCUT2D eigenvalue weighted by Gasteiger charge is 2.13. The molecule has 1 aliphatic heterocycles. The van der Waals surface area contributed by atoms with Crippen LogP contribution in [-0.4, -0.2) is 36.3 Å². The summed E-state index contributed by atoms with van der Waals surface area (Å²) in [7, 11) is 0. The molecule has 1 aliphatic rings. The van der Waals surface area contributed by atoms with Crippen molar-refractivity contribution in [3.05, 3.63) is 42.7 Å². The number of rotatable bonds is 2. The summed E-state index contributed by atoms with van der Waals surface area (Å²) < 4.78 is 5.35. The Morgan fingerprint density at radius 2 is 1.78 bits per heavy atom. The Morgan fingerprint density at radius 1 is 1.00 bits per heavy atom. The predicted octanol–water partition coefficient (Wildman–Crippen LogP) is 1.98. The zero-order chi connectivity index (χ0) is 12.2. The molecule has 0 unspecified atom stereocenters. The van der Waals surface area contributed by atoms with Crippen LogP contribution in [0.1, 0.15) is 0 Å². The van der Waals surface area contributed by atoms with Gasteiger partial charge in [0, 0.05) is 24.7 Å². The quantitative estimate of drug-likeness (QED) is 0.806. The minimum Gasteiger partial charge on any atom is -0.378 e. The van der Waals surface area contributed by atoms with Crippen LogP contribution in [0.3, 0.4) is 0 Å². The minimum absolute atomic E-state index is 0.769. The molecule has 1 aromatic heterocycles. The zero-order valence-electron chi connectivity index (χ0n) is 10.1. The van der Waals surface area contributed by atoms with Gasteiger partial charge in [-0.25, -0.2) is 9.97 Å². The smallest absolute Gasteiger partial charge is 0.132 e. The van der Waals surface area contributed by atoms with Crippen molar-refractivity contribution < 1.29 is 4.74 Å². The largest absolute Gasteiger partial charge is 0.378 e. The molecule has 0 atom stereocenters. The highest BCUT2D eigenvalue weighted by molar-refractivity contribution is 5.62.